The summed E-state index contributed by atoms with van der Waals surface area (Å²) >= 11 is 0. The Morgan fingerprint density at radius 1 is 0.469 bits per heavy atom. The molecule has 0 nitrogen and oxygen atoms in total. The van der Waals surface area contributed by atoms with Gasteiger partial charge in [0, 0.05) is 11.8 Å². The van der Waals surface area contributed by atoms with Crippen LogP contribution in [0.3, 0.4) is 0 Å². The molecule has 0 fully saturated rings. The van der Waals surface area contributed by atoms with Gasteiger partial charge in [-0.2, -0.15) is 0 Å². The smallest absolute Gasteiger partial charge is 0.0317 e. The Labute approximate surface area is 287 Å². The summed E-state index contributed by atoms with van der Waals surface area (Å²) in [6.45, 7) is 0. The second-order valence-electron chi connectivity index (χ2n) is 13.1. The third-order valence-corrected chi connectivity index (χ3v) is 10.3. The molecule has 232 valence electrons. The van der Waals surface area contributed by atoms with E-state index in [2.05, 4.69) is 194 Å². The molecular weight excluding hydrogens is 589 g/mol. The Bertz CT molecular complexity index is 2430. The van der Waals surface area contributed by atoms with Crippen LogP contribution in [0.15, 0.2) is 188 Å². The molecular formula is C49H36. The fourth-order valence-corrected chi connectivity index (χ4v) is 8.30. The van der Waals surface area contributed by atoms with Gasteiger partial charge in [0.2, 0.25) is 0 Å². The van der Waals surface area contributed by atoms with Gasteiger partial charge in [0.25, 0.3) is 0 Å². The maximum absolute atomic E-state index is 2.43. The first-order chi connectivity index (χ1) is 24.4. The summed E-state index contributed by atoms with van der Waals surface area (Å²) in [6, 6.07) is 62.7. The summed E-state index contributed by atoms with van der Waals surface area (Å²) in [4.78, 5) is 0. The molecule has 0 unspecified atom stereocenters. The van der Waals surface area contributed by atoms with Crippen molar-refractivity contribution < 1.29 is 0 Å². The maximum atomic E-state index is 2.43. The van der Waals surface area contributed by atoms with E-state index in [0.29, 0.717) is 0 Å². The first-order valence-electron chi connectivity index (χ1n) is 17.3. The van der Waals surface area contributed by atoms with Crippen molar-refractivity contribution in [2.24, 2.45) is 0 Å². The minimum Gasteiger partial charge on any atom is -0.0801 e. The summed E-state index contributed by atoms with van der Waals surface area (Å²) in [6.07, 6.45) is 10.2. The molecule has 0 heterocycles. The van der Waals surface area contributed by atoms with Crippen molar-refractivity contribution in [1.29, 1.82) is 0 Å². The van der Waals surface area contributed by atoms with Crippen LogP contribution >= 0.6 is 0 Å². The number of fused-ring (bicyclic) bond motifs is 4. The van der Waals surface area contributed by atoms with Crippen LogP contribution in [0.4, 0.5) is 0 Å². The van der Waals surface area contributed by atoms with Crippen LogP contribution in [0.25, 0.3) is 28.0 Å². The van der Waals surface area contributed by atoms with Gasteiger partial charge >= 0.3 is 0 Å². The van der Waals surface area contributed by atoms with E-state index >= 15 is 0 Å². The molecule has 0 atom stereocenters. The first kappa shape index (κ1) is 29.2. The molecule has 9 rings (SSSR count). The summed E-state index contributed by atoms with van der Waals surface area (Å²) in [7, 11) is 0. The van der Waals surface area contributed by atoms with Gasteiger partial charge in [0.05, 0.1) is 0 Å². The van der Waals surface area contributed by atoms with Crippen LogP contribution in [0.5, 0.6) is 0 Å². The molecule has 0 aliphatic heterocycles. The Morgan fingerprint density at radius 2 is 0.939 bits per heavy atom. The number of hydrogen-bond donors (Lipinski definition) is 0. The molecule has 0 spiro atoms. The van der Waals surface area contributed by atoms with Gasteiger partial charge < -0.3 is 0 Å². The number of benzene rings is 7. The Balaban J connectivity index is 1.62. The van der Waals surface area contributed by atoms with Crippen LogP contribution in [-0.4, -0.2) is 0 Å². The van der Waals surface area contributed by atoms with Crippen molar-refractivity contribution in [3.05, 3.63) is 242 Å². The lowest BCUT2D eigenvalue weighted by molar-refractivity contribution is 0.910. The van der Waals surface area contributed by atoms with E-state index in [1.165, 1.54) is 76.2 Å². The number of hydrogen-bond acceptors (Lipinski definition) is 0. The van der Waals surface area contributed by atoms with Crippen LogP contribution < -0.4 is 10.4 Å². The Hall–Kier alpha value is -5.98. The highest BCUT2D eigenvalue weighted by Gasteiger charge is 2.32. The average molecular weight is 625 g/mol. The predicted octanol–water partition coefficient (Wildman–Crippen LogP) is 10.4. The van der Waals surface area contributed by atoms with Crippen LogP contribution in [0, 0.1) is 10.4 Å². The van der Waals surface area contributed by atoms with Crippen LogP contribution in [0.2, 0.25) is 0 Å². The monoisotopic (exact) mass is 624 g/mol. The molecule has 49 heavy (non-hydrogen) atoms. The van der Waals surface area contributed by atoms with E-state index in [1.54, 1.807) is 0 Å². The molecule has 0 amide bonds. The SMILES string of the molecule is C1=CCC(c2c(=C(C(c3ccccc3)c3ccccc3)C(c3ccccc3)c3ccccc3)c3c(c4ccccc24)C=c2ccccc2=3)=C1. The van der Waals surface area contributed by atoms with E-state index in [-0.39, 0.29) is 11.8 Å². The van der Waals surface area contributed by atoms with Crippen molar-refractivity contribution in [2.45, 2.75) is 18.3 Å². The highest BCUT2D eigenvalue weighted by atomic mass is 14.3. The molecule has 0 bridgehead atoms. The molecule has 0 radical (unpaired) electrons. The first-order valence-corrected chi connectivity index (χ1v) is 17.3. The largest absolute Gasteiger partial charge is 0.0801 e. The number of allylic oxidation sites excluding steroid dienone is 4. The van der Waals surface area contributed by atoms with Gasteiger partial charge in [0.15, 0.2) is 0 Å². The van der Waals surface area contributed by atoms with Crippen molar-refractivity contribution in [3.8, 4) is 0 Å². The fourth-order valence-electron chi connectivity index (χ4n) is 8.30. The highest BCUT2D eigenvalue weighted by Crippen LogP contribution is 2.45. The van der Waals surface area contributed by atoms with Gasteiger partial charge in [0.1, 0.15) is 0 Å². The maximum Gasteiger partial charge on any atom is 0.0317 e. The molecule has 0 heteroatoms. The third-order valence-electron chi connectivity index (χ3n) is 10.3. The average Bonchev–Trinajstić information content (AvgIpc) is 3.85. The summed E-state index contributed by atoms with van der Waals surface area (Å²) in [5.41, 5.74) is 10.6. The van der Waals surface area contributed by atoms with E-state index in [9.17, 15) is 0 Å². The Morgan fingerprint density at radius 3 is 1.45 bits per heavy atom. The minimum absolute atomic E-state index is 0.0143. The second kappa shape index (κ2) is 12.6. The van der Waals surface area contributed by atoms with Gasteiger partial charge in [-0.15, -0.1) is 0 Å². The van der Waals surface area contributed by atoms with Gasteiger partial charge in [-0.3, -0.25) is 0 Å². The molecule has 7 aromatic carbocycles. The molecule has 0 N–H and O–H groups in total. The van der Waals surface area contributed by atoms with Crippen molar-refractivity contribution >= 4 is 28.0 Å². The second-order valence-corrected chi connectivity index (χ2v) is 13.1. The van der Waals surface area contributed by atoms with Gasteiger partial charge in [-0.25, -0.2) is 0 Å². The van der Waals surface area contributed by atoms with Crippen LogP contribution in [-0.2, 0) is 0 Å². The van der Waals surface area contributed by atoms with E-state index in [1.807, 2.05) is 0 Å². The Kier molecular flexibility index (Phi) is 7.48. The van der Waals surface area contributed by atoms with Gasteiger partial charge in [-0.1, -0.05) is 188 Å². The highest BCUT2D eigenvalue weighted by molar-refractivity contribution is 6.01. The third kappa shape index (κ3) is 5.09. The lowest BCUT2D eigenvalue weighted by atomic mass is 9.71. The zero-order valence-electron chi connectivity index (χ0n) is 27.3. The number of rotatable bonds is 7. The van der Waals surface area contributed by atoms with Crippen molar-refractivity contribution in [1.82, 2.24) is 0 Å². The van der Waals surface area contributed by atoms with E-state index in [4.69, 9.17) is 0 Å². The molecule has 0 saturated carbocycles. The van der Waals surface area contributed by atoms with E-state index < -0.39 is 0 Å². The molecule has 0 saturated heterocycles. The van der Waals surface area contributed by atoms with Gasteiger partial charge in [-0.05, 0) is 88.7 Å². The van der Waals surface area contributed by atoms with Crippen molar-refractivity contribution in [3.63, 3.8) is 0 Å². The molecule has 2 aliphatic rings. The molecule has 2 aliphatic carbocycles. The van der Waals surface area contributed by atoms with E-state index in [0.717, 1.165) is 6.42 Å². The van der Waals surface area contributed by atoms with Crippen LogP contribution in [0.1, 0.15) is 51.6 Å². The quantitative estimate of drug-likeness (QED) is 0.166. The zero-order chi connectivity index (χ0) is 32.6. The summed E-state index contributed by atoms with van der Waals surface area (Å²) in [5, 5.41) is 7.93. The van der Waals surface area contributed by atoms with Crippen molar-refractivity contribution in [2.75, 3.05) is 0 Å². The minimum atomic E-state index is -0.0143. The topological polar surface area (TPSA) is 0 Å². The summed E-state index contributed by atoms with van der Waals surface area (Å²) < 4.78 is 0. The fraction of sp³-hybridized carbons (Fsp3) is 0.0612. The zero-order valence-corrected chi connectivity index (χ0v) is 27.3. The predicted molar refractivity (Wildman–Crippen MR) is 205 cm³/mol. The molecule has 0 aromatic heterocycles. The molecule has 7 aromatic rings. The lowest BCUT2D eigenvalue weighted by Crippen LogP contribution is -2.26. The normalized spacial score (nSPS) is 13.0. The summed E-state index contributed by atoms with van der Waals surface area (Å²) in [5.74, 6) is -0.0286. The standard InChI is InChI=1S/C49H36/c1-5-19-34(20-6-1)44(35-21-7-2-8-22-35)48(45(36-23-9-3-10-24-36)37-25-11-4-12-26-37)49-46(38-27-13-14-28-38)42-32-18-17-31-41(42)43-33-39-29-15-16-30-40(39)47(43)49/h1-27,29-33,44-45H,28H2. The lowest BCUT2D eigenvalue weighted by Gasteiger charge is -2.31.